The van der Waals surface area contributed by atoms with E-state index in [1.165, 1.54) is 38.5 Å². The first-order chi connectivity index (χ1) is 17.6. The molecule has 1 heterocycles. The van der Waals surface area contributed by atoms with Crippen molar-refractivity contribution in [3.63, 3.8) is 0 Å². The number of imidazole rings is 1. The van der Waals surface area contributed by atoms with Gasteiger partial charge >= 0.3 is 0 Å². The molecular formula is C30H36N4O2. The van der Waals surface area contributed by atoms with Crippen LogP contribution in [0.1, 0.15) is 81.0 Å². The summed E-state index contributed by atoms with van der Waals surface area (Å²) in [5, 5.41) is 6.41. The van der Waals surface area contributed by atoms with Crippen molar-refractivity contribution in [1.29, 1.82) is 0 Å². The Morgan fingerprint density at radius 1 is 0.861 bits per heavy atom. The van der Waals surface area contributed by atoms with Gasteiger partial charge in [-0.2, -0.15) is 0 Å². The van der Waals surface area contributed by atoms with Gasteiger partial charge in [-0.05, 0) is 74.3 Å². The molecule has 0 aliphatic heterocycles. The summed E-state index contributed by atoms with van der Waals surface area (Å²) in [6, 6.07) is 13.8. The Morgan fingerprint density at radius 3 is 2.31 bits per heavy atom. The minimum Gasteiger partial charge on any atom is -0.349 e. The third-order valence-electron chi connectivity index (χ3n) is 8.76. The summed E-state index contributed by atoms with van der Waals surface area (Å²) in [4.78, 5) is 33.7. The van der Waals surface area contributed by atoms with Crippen LogP contribution in [0.5, 0.6) is 0 Å². The van der Waals surface area contributed by atoms with Crippen LogP contribution in [0.2, 0.25) is 0 Å². The second-order valence-electron chi connectivity index (χ2n) is 11.2. The molecule has 188 valence electrons. The second kappa shape index (κ2) is 10.1. The van der Waals surface area contributed by atoms with Crippen LogP contribution in [0.25, 0.3) is 22.4 Å². The van der Waals surface area contributed by atoms with Crippen LogP contribution < -0.4 is 10.6 Å². The van der Waals surface area contributed by atoms with E-state index in [1.54, 1.807) is 0 Å². The van der Waals surface area contributed by atoms with Crippen molar-refractivity contribution in [2.24, 2.45) is 17.8 Å². The fraction of sp³-hybridized carbons (Fsp3) is 0.500. The van der Waals surface area contributed by atoms with Gasteiger partial charge in [-0.1, -0.05) is 50.7 Å². The zero-order chi connectivity index (χ0) is 24.5. The molecule has 2 bridgehead atoms. The molecule has 36 heavy (non-hydrogen) atoms. The van der Waals surface area contributed by atoms with E-state index >= 15 is 0 Å². The number of H-pyrrole nitrogens is 1. The van der Waals surface area contributed by atoms with Gasteiger partial charge in [0.15, 0.2) is 0 Å². The van der Waals surface area contributed by atoms with Crippen LogP contribution in [0.15, 0.2) is 42.5 Å². The summed E-state index contributed by atoms with van der Waals surface area (Å²) in [6.07, 6.45) is 13.0. The Kier molecular flexibility index (Phi) is 6.51. The first-order valence-electron chi connectivity index (χ1n) is 13.8. The van der Waals surface area contributed by atoms with Crippen LogP contribution in [0, 0.1) is 17.8 Å². The third kappa shape index (κ3) is 4.91. The smallest absolute Gasteiger partial charge is 0.251 e. The van der Waals surface area contributed by atoms with Crippen molar-refractivity contribution >= 4 is 28.5 Å². The highest BCUT2D eigenvalue weighted by atomic mass is 16.2. The van der Waals surface area contributed by atoms with Gasteiger partial charge in [0, 0.05) is 28.8 Å². The molecule has 1 aromatic heterocycles. The number of hydrogen-bond donors (Lipinski definition) is 3. The number of nitrogens with one attached hydrogen (secondary N) is 3. The summed E-state index contributed by atoms with van der Waals surface area (Å²) in [5.74, 6) is 2.47. The maximum Gasteiger partial charge on any atom is 0.251 e. The van der Waals surface area contributed by atoms with Gasteiger partial charge in [0.05, 0.1) is 11.0 Å². The number of amides is 2. The zero-order valence-corrected chi connectivity index (χ0v) is 20.9. The number of carbonyl (C=O) groups excluding carboxylic acids is 2. The summed E-state index contributed by atoms with van der Waals surface area (Å²) >= 11 is 0. The predicted molar refractivity (Wildman–Crippen MR) is 143 cm³/mol. The second-order valence-corrected chi connectivity index (χ2v) is 11.2. The number of anilines is 1. The zero-order valence-electron chi connectivity index (χ0n) is 20.9. The van der Waals surface area contributed by atoms with E-state index in [2.05, 4.69) is 15.6 Å². The summed E-state index contributed by atoms with van der Waals surface area (Å²) in [6.45, 7) is 0. The fourth-order valence-corrected chi connectivity index (χ4v) is 6.60. The van der Waals surface area contributed by atoms with Gasteiger partial charge in [0.25, 0.3) is 5.91 Å². The molecule has 2 amide bonds. The topological polar surface area (TPSA) is 86.9 Å². The maximum absolute atomic E-state index is 12.9. The molecule has 6 heteroatoms. The molecule has 4 aliphatic carbocycles. The van der Waals surface area contributed by atoms with Crippen molar-refractivity contribution in [3.8, 4) is 11.4 Å². The summed E-state index contributed by atoms with van der Waals surface area (Å²) in [7, 11) is 0. The number of carbonyl (C=O) groups is 2. The quantitative estimate of drug-likeness (QED) is 0.364. The predicted octanol–water partition coefficient (Wildman–Crippen LogP) is 6.45. The van der Waals surface area contributed by atoms with E-state index in [0.717, 1.165) is 66.1 Å². The lowest BCUT2D eigenvalue weighted by atomic mass is 9.68. The molecule has 0 spiro atoms. The maximum atomic E-state index is 12.9. The minimum atomic E-state index is 0.0257. The molecule has 4 fully saturated rings. The highest BCUT2D eigenvalue weighted by molar-refractivity contribution is 5.96. The highest BCUT2D eigenvalue weighted by Crippen LogP contribution is 2.41. The van der Waals surface area contributed by atoms with E-state index in [0.29, 0.717) is 17.5 Å². The molecular weight excluding hydrogens is 448 g/mol. The number of benzene rings is 2. The molecule has 3 N–H and O–H groups in total. The van der Waals surface area contributed by atoms with Crippen LogP contribution in [0.3, 0.4) is 0 Å². The van der Waals surface area contributed by atoms with Crippen molar-refractivity contribution in [1.82, 2.24) is 15.3 Å². The van der Waals surface area contributed by atoms with E-state index in [4.69, 9.17) is 4.98 Å². The lowest BCUT2D eigenvalue weighted by molar-refractivity contribution is -0.120. The molecule has 3 aromatic rings. The van der Waals surface area contributed by atoms with Gasteiger partial charge in [-0.25, -0.2) is 4.98 Å². The van der Waals surface area contributed by atoms with Gasteiger partial charge in [-0.3, -0.25) is 9.59 Å². The Morgan fingerprint density at radius 2 is 1.61 bits per heavy atom. The van der Waals surface area contributed by atoms with Gasteiger partial charge in [-0.15, -0.1) is 0 Å². The molecule has 6 nitrogen and oxygen atoms in total. The third-order valence-corrected chi connectivity index (χ3v) is 8.76. The van der Waals surface area contributed by atoms with E-state index in [1.807, 2.05) is 42.5 Å². The van der Waals surface area contributed by atoms with E-state index in [-0.39, 0.29) is 17.7 Å². The Balaban J connectivity index is 1.12. The largest absolute Gasteiger partial charge is 0.349 e. The summed E-state index contributed by atoms with van der Waals surface area (Å²) in [5.41, 5.74) is 4.17. The highest BCUT2D eigenvalue weighted by Gasteiger charge is 2.36. The number of nitrogens with zero attached hydrogens (tertiary/aromatic N) is 1. The van der Waals surface area contributed by atoms with Crippen molar-refractivity contribution < 1.29 is 9.59 Å². The van der Waals surface area contributed by atoms with E-state index < -0.39 is 0 Å². The first-order valence-corrected chi connectivity index (χ1v) is 13.8. The first kappa shape index (κ1) is 23.3. The Bertz CT molecular complexity index is 1230. The molecule has 1 atom stereocenters. The molecule has 0 saturated heterocycles. The lowest BCUT2D eigenvalue weighted by Gasteiger charge is -2.42. The molecule has 7 rings (SSSR count). The monoisotopic (exact) mass is 484 g/mol. The number of rotatable bonds is 5. The molecule has 0 radical (unpaired) electrons. The van der Waals surface area contributed by atoms with Crippen LogP contribution in [-0.2, 0) is 4.79 Å². The van der Waals surface area contributed by atoms with Crippen LogP contribution in [0.4, 0.5) is 5.69 Å². The minimum absolute atomic E-state index is 0.0257. The molecule has 4 aliphatic rings. The van der Waals surface area contributed by atoms with Crippen LogP contribution >= 0.6 is 0 Å². The number of fused-ring (bicyclic) bond motifs is 4. The standard InChI is InChI=1S/C30H36N4O2/c35-29(22-5-3-1-2-4-6-22)31-24-15-16-25-27(18-24)33-28(32-25)21-11-13-23(14-12-21)30(36)34-26-17-19-7-9-20(26)10-8-19/h11-16,18-20,22,26H,1-10,17H2,(H,31,35)(H,32,33)(H,34,36). The van der Waals surface area contributed by atoms with Crippen LogP contribution in [-0.4, -0.2) is 27.8 Å². The van der Waals surface area contributed by atoms with Crippen molar-refractivity contribution in [2.45, 2.75) is 76.7 Å². The van der Waals surface area contributed by atoms with Gasteiger partial charge in [0.1, 0.15) is 5.82 Å². The molecule has 1 unspecified atom stereocenters. The normalized spacial score (nSPS) is 24.4. The number of aromatic amines is 1. The van der Waals surface area contributed by atoms with Crippen molar-refractivity contribution in [3.05, 3.63) is 48.0 Å². The Hall–Kier alpha value is -3.15. The lowest BCUT2D eigenvalue weighted by Crippen LogP contribution is -2.47. The average Bonchev–Trinajstić information content (AvgIpc) is 3.13. The van der Waals surface area contributed by atoms with Gasteiger partial charge < -0.3 is 15.6 Å². The number of aromatic nitrogens is 2. The SMILES string of the molecule is O=C(NC1CC2CCC1CC2)c1ccc(-c2nc3ccc(NC(=O)C4CCCCCC4)cc3[nH]2)cc1. The number of hydrogen-bond acceptors (Lipinski definition) is 3. The van der Waals surface area contributed by atoms with E-state index in [9.17, 15) is 9.59 Å². The summed E-state index contributed by atoms with van der Waals surface area (Å²) < 4.78 is 0. The molecule has 2 aromatic carbocycles. The van der Waals surface area contributed by atoms with Gasteiger partial charge in [0.2, 0.25) is 5.91 Å². The Labute approximate surface area is 212 Å². The molecule has 4 saturated carbocycles. The van der Waals surface area contributed by atoms with Crippen molar-refractivity contribution in [2.75, 3.05) is 5.32 Å². The fourth-order valence-electron chi connectivity index (χ4n) is 6.60. The average molecular weight is 485 g/mol.